The quantitative estimate of drug-likeness (QED) is 0.615. The molecule has 1 saturated heterocycles. The highest BCUT2D eigenvalue weighted by Gasteiger charge is 2.54. The van der Waals surface area contributed by atoms with Crippen molar-refractivity contribution < 1.29 is 14.2 Å². The SMILES string of the molecule is COc1ccc(C2=NN3[C@@H](C2)c2cc(Br)ccc2O[C@]32CCOC(C)(C)C2)cc1. The molecular weight excluding hydrogens is 432 g/mol. The third kappa shape index (κ3) is 3.22. The van der Waals surface area contributed by atoms with Crippen LogP contribution in [0.1, 0.15) is 50.3 Å². The van der Waals surface area contributed by atoms with E-state index in [1.165, 1.54) is 5.56 Å². The maximum atomic E-state index is 6.68. The van der Waals surface area contributed by atoms with E-state index in [1.54, 1.807) is 7.11 Å². The van der Waals surface area contributed by atoms with Crippen LogP contribution < -0.4 is 9.47 Å². The maximum absolute atomic E-state index is 6.68. The summed E-state index contributed by atoms with van der Waals surface area (Å²) >= 11 is 3.62. The Labute approximate surface area is 179 Å². The van der Waals surface area contributed by atoms with Gasteiger partial charge in [0.1, 0.15) is 11.5 Å². The molecule has 2 atom stereocenters. The Kier molecular flexibility index (Phi) is 4.40. The van der Waals surface area contributed by atoms with Gasteiger partial charge in [-0.2, -0.15) is 5.10 Å². The van der Waals surface area contributed by atoms with Gasteiger partial charge in [0, 0.05) is 29.3 Å². The van der Waals surface area contributed by atoms with Crippen LogP contribution in [0, 0.1) is 0 Å². The number of fused-ring (bicyclic) bond motifs is 4. The van der Waals surface area contributed by atoms with Crippen molar-refractivity contribution in [3.8, 4) is 11.5 Å². The van der Waals surface area contributed by atoms with Crippen LogP contribution in [0.4, 0.5) is 0 Å². The second-order valence-corrected chi connectivity index (χ2v) is 9.52. The lowest BCUT2D eigenvalue weighted by Crippen LogP contribution is -2.60. The molecule has 152 valence electrons. The summed E-state index contributed by atoms with van der Waals surface area (Å²) in [6, 6.07) is 14.6. The minimum absolute atomic E-state index is 0.155. The second-order valence-electron chi connectivity index (χ2n) is 8.61. The summed E-state index contributed by atoms with van der Waals surface area (Å²) in [5.41, 5.74) is 2.65. The third-order valence-corrected chi connectivity index (χ3v) is 6.56. The van der Waals surface area contributed by atoms with Gasteiger partial charge in [-0.15, -0.1) is 0 Å². The predicted molar refractivity (Wildman–Crippen MR) is 115 cm³/mol. The van der Waals surface area contributed by atoms with Crippen molar-refractivity contribution >= 4 is 21.6 Å². The second kappa shape index (κ2) is 6.74. The Morgan fingerprint density at radius 3 is 2.69 bits per heavy atom. The van der Waals surface area contributed by atoms with Crippen LogP contribution in [0.2, 0.25) is 0 Å². The highest BCUT2D eigenvalue weighted by Crippen LogP contribution is 2.52. The van der Waals surface area contributed by atoms with E-state index in [9.17, 15) is 0 Å². The lowest BCUT2D eigenvalue weighted by atomic mass is 9.86. The van der Waals surface area contributed by atoms with Gasteiger partial charge >= 0.3 is 0 Å². The first kappa shape index (κ1) is 18.9. The Balaban J connectivity index is 1.59. The van der Waals surface area contributed by atoms with Crippen LogP contribution in [0.3, 0.4) is 0 Å². The van der Waals surface area contributed by atoms with Crippen LogP contribution in [0.15, 0.2) is 52.0 Å². The van der Waals surface area contributed by atoms with Crippen molar-refractivity contribution in [2.45, 2.75) is 50.5 Å². The Morgan fingerprint density at radius 1 is 1.17 bits per heavy atom. The average Bonchev–Trinajstić information content (AvgIpc) is 3.15. The van der Waals surface area contributed by atoms with Gasteiger partial charge < -0.3 is 14.2 Å². The van der Waals surface area contributed by atoms with Crippen molar-refractivity contribution in [3.05, 3.63) is 58.1 Å². The average molecular weight is 457 g/mol. The summed E-state index contributed by atoms with van der Waals surface area (Å²) in [6.45, 7) is 4.93. The molecule has 0 amide bonds. The van der Waals surface area contributed by atoms with E-state index in [1.807, 2.05) is 18.2 Å². The predicted octanol–water partition coefficient (Wildman–Crippen LogP) is 5.29. The fourth-order valence-corrected chi connectivity index (χ4v) is 5.16. The summed E-state index contributed by atoms with van der Waals surface area (Å²) in [5.74, 6) is 1.81. The first-order valence-corrected chi connectivity index (χ1v) is 10.8. The number of ether oxygens (including phenoxy) is 3. The number of hydrazone groups is 1. The van der Waals surface area contributed by atoms with Crippen molar-refractivity contribution in [1.29, 1.82) is 0 Å². The Hall–Kier alpha value is -2.05. The molecule has 29 heavy (non-hydrogen) atoms. The zero-order valence-corrected chi connectivity index (χ0v) is 18.5. The Bertz CT molecular complexity index is 973. The van der Waals surface area contributed by atoms with Crippen molar-refractivity contribution in [1.82, 2.24) is 5.01 Å². The van der Waals surface area contributed by atoms with E-state index in [-0.39, 0.29) is 11.6 Å². The first-order valence-electron chi connectivity index (χ1n) is 10.0. The van der Waals surface area contributed by atoms with Crippen LogP contribution in [0.5, 0.6) is 11.5 Å². The molecule has 0 aromatic heterocycles. The highest BCUT2D eigenvalue weighted by atomic mass is 79.9. The third-order valence-electron chi connectivity index (χ3n) is 6.07. The summed E-state index contributed by atoms with van der Waals surface area (Å²) in [4.78, 5) is 0. The summed E-state index contributed by atoms with van der Waals surface area (Å²) in [6.07, 6.45) is 2.41. The molecular formula is C23H25BrN2O3. The minimum Gasteiger partial charge on any atom is -0.497 e. The molecule has 3 heterocycles. The van der Waals surface area contributed by atoms with Crippen LogP contribution >= 0.6 is 15.9 Å². The number of rotatable bonds is 2. The topological polar surface area (TPSA) is 43.3 Å². The molecule has 1 spiro atoms. The monoisotopic (exact) mass is 456 g/mol. The van der Waals surface area contributed by atoms with Crippen LogP contribution in [0.25, 0.3) is 0 Å². The molecule has 0 aliphatic carbocycles. The number of hydrogen-bond donors (Lipinski definition) is 0. The van der Waals surface area contributed by atoms with E-state index in [0.29, 0.717) is 6.61 Å². The number of nitrogens with zero attached hydrogens (tertiary/aromatic N) is 2. The molecule has 0 unspecified atom stereocenters. The number of hydrogen-bond acceptors (Lipinski definition) is 5. The lowest BCUT2D eigenvalue weighted by molar-refractivity contribution is -0.212. The van der Waals surface area contributed by atoms with E-state index >= 15 is 0 Å². The van der Waals surface area contributed by atoms with E-state index in [0.717, 1.165) is 46.5 Å². The zero-order valence-electron chi connectivity index (χ0n) is 16.9. The van der Waals surface area contributed by atoms with Crippen LogP contribution in [-0.2, 0) is 4.74 Å². The standard InChI is InChI=1S/C23H25BrN2O3/c1-22(2)14-23(10-11-28-22)26-20(18-12-16(24)6-9-21(18)29-23)13-19(25-26)15-4-7-17(27-3)8-5-15/h4-9,12,20H,10-11,13-14H2,1-3H3/t20-,23-/m0/s1. The molecule has 0 N–H and O–H groups in total. The number of halogens is 1. The molecule has 6 heteroatoms. The summed E-state index contributed by atoms with van der Waals surface area (Å²) in [5, 5.41) is 7.33. The molecule has 5 rings (SSSR count). The van der Waals surface area contributed by atoms with E-state index in [4.69, 9.17) is 19.3 Å². The fraction of sp³-hybridized carbons (Fsp3) is 0.435. The maximum Gasteiger partial charge on any atom is 0.203 e. The van der Waals surface area contributed by atoms with Gasteiger partial charge in [0.05, 0.1) is 31.1 Å². The van der Waals surface area contributed by atoms with Crippen molar-refractivity contribution in [3.63, 3.8) is 0 Å². The van der Waals surface area contributed by atoms with Crippen molar-refractivity contribution in [2.24, 2.45) is 5.10 Å². The molecule has 2 aromatic carbocycles. The highest BCUT2D eigenvalue weighted by molar-refractivity contribution is 9.10. The van der Waals surface area contributed by atoms with Gasteiger partial charge in [-0.1, -0.05) is 15.9 Å². The lowest BCUT2D eigenvalue weighted by Gasteiger charge is -2.52. The first-order chi connectivity index (χ1) is 13.9. The van der Waals surface area contributed by atoms with Gasteiger partial charge in [0.25, 0.3) is 0 Å². The summed E-state index contributed by atoms with van der Waals surface area (Å²) < 4.78 is 19.1. The minimum atomic E-state index is -0.485. The smallest absolute Gasteiger partial charge is 0.203 e. The number of benzene rings is 2. The largest absolute Gasteiger partial charge is 0.497 e. The molecule has 1 fully saturated rings. The summed E-state index contributed by atoms with van der Waals surface area (Å²) in [7, 11) is 1.69. The molecule has 2 aromatic rings. The van der Waals surface area contributed by atoms with Gasteiger partial charge in [-0.05, 0) is 61.9 Å². The molecule has 3 aliphatic rings. The van der Waals surface area contributed by atoms with Gasteiger partial charge in [-0.3, -0.25) is 0 Å². The fourth-order valence-electron chi connectivity index (χ4n) is 4.78. The van der Waals surface area contributed by atoms with E-state index < -0.39 is 5.72 Å². The number of methoxy groups -OCH3 is 1. The molecule has 0 saturated carbocycles. The Morgan fingerprint density at radius 2 is 1.97 bits per heavy atom. The van der Waals surface area contributed by atoms with Gasteiger partial charge in [0.15, 0.2) is 0 Å². The zero-order chi connectivity index (χ0) is 20.2. The van der Waals surface area contributed by atoms with Crippen molar-refractivity contribution in [2.75, 3.05) is 13.7 Å². The molecule has 0 bridgehead atoms. The van der Waals surface area contributed by atoms with Crippen LogP contribution in [-0.4, -0.2) is 35.8 Å². The normalized spacial score (nSPS) is 27.1. The van der Waals surface area contributed by atoms with Gasteiger partial charge in [-0.25, -0.2) is 5.01 Å². The molecule has 5 nitrogen and oxygen atoms in total. The molecule has 3 aliphatic heterocycles. The van der Waals surface area contributed by atoms with Gasteiger partial charge in [0.2, 0.25) is 5.72 Å². The van der Waals surface area contributed by atoms with E-state index in [2.05, 4.69) is 59.1 Å². The molecule has 0 radical (unpaired) electrons.